The molecule has 17 heavy (non-hydrogen) atoms. The maximum atomic E-state index is 5.80. The second kappa shape index (κ2) is 5.61. The van der Waals surface area contributed by atoms with Gasteiger partial charge in [-0.25, -0.2) is 0 Å². The van der Waals surface area contributed by atoms with Gasteiger partial charge in [-0.15, -0.1) is 0 Å². The molecular formula is C13H17N3O. The Bertz CT molecular complexity index is 427. The molecule has 90 valence electrons. The Hall–Kier alpha value is -1.65. The minimum absolute atomic E-state index is 0.102. The number of likely N-dealkylation sites (N-methyl/N-ethyl adjacent to an activating group) is 1. The van der Waals surface area contributed by atoms with Crippen molar-refractivity contribution in [2.45, 2.75) is 12.6 Å². The Morgan fingerprint density at radius 2 is 2.29 bits per heavy atom. The van der Waals surface area contributed by atoms with Crippen molar-refractivity contribution in [3.05, 3.63) is 54.2 Å². The van der Waals surface area contributed by atoms with Crippen LogP contribution in [0.4, 0.5) is 0 Å². The van der Waals surface area contributed by atoms with E-state index in [9.17, 15) is 0 Å². The maximum Gasteiger partial charge on any atom is 0.122 e. The van der Waals surface area contributed by atoms with Gasteiger partial charge in [0.25, 0.3) is 0 Å². The van der Waals surface area contributed by atoms with Gasteiger partial charge in [-0.05, 0) is 30.8 Å². The third-order valence-corrected chi connectivity index (χ3v) is 2.78. The van der Waals surface area contributed by atoms with Crippen LogP contribution in [0.5, 0.6) is 0 Å². The van der Waals surface area contributed by atoms with Gasteiger partial charge in [0.2, 0.25) is 0 Å². The molecule has 0 radical (unpaired) electrons. The monoisotopic (exact) mass is 231 g/mol. The van der Waals surface area contributed by atoms with Crippen LogP contribution in [-0.4, -0.2) is 23.5 Å². The minimum atomic E-state index is 0.102. The molecule has 0 spiro atoms. The molecule has 0 saturated heterocycles. The zero-order valence-electron chi connectivity index (χ0n) is 9.91. The van der Waals surface area contributed by atoms with Gasteiger partial charge in [-0.2, -0.15) is 0 Å². The number of hydrogen-bond donors (Lipinski definition) is 1. The lowest BCUT2D eigenvalue weighted by Gasteiger charge is -2.25. The van der Waals surface area contributed by atoms with E-state index in [0.29, 0.717) is 6.54 Å². The van der Waals surface area contributed by atoms with Gasteiger partial charge in [-0.1, -0.05) is 6.07 Å². The third kappa shape index (κ3) is 2.93. The van der Waals surface area contributed by atoms with Gasteiger partial charge in [0.1, 0.15) is 5.76 Å². The average molecular weight is 231 g/mol. The molecule has 0 aliphatic carbocycles. The smallest absolute Gasteiger partial charge is 0.122 e. The van der Waals surface area contributed by atoms with E-state index in [1.165, 1.54) is 5.56 Å². The Kier molecular flexibility index (Phi) is 3.90. The van der Waals surface area contributed by atoms with Crippen molar-refractivity contribution in [1.29, 1.82) is 0 Å². The molecule has 4 nitrogen and oxygen atoms in total. The summed E-state index contributed by atoms with van der Waals surface area (Å²) in [6.45, 7) is 1.33. The quantitative estimate of drug-likeness (QED) is 0.852. The van der Waals surface area contributed by atoms with Gasteiger partial charge in [0.05, 0.1) is 12.3 Å². The molecule has 2 N–H and O–H groups in total. The SMILES string of the molecule is CN(Cc1cccnc1)C(CN)c1ccco1. The molecule has 0 aromatic carbocycles. The van der Waals surface area contributed by atoms with Crippen LogP contribution in [0.25, 0.3) is 0 Å². The van der Waals surface area contributed by atoms with E-state index in [1.54, 1.807) is 12.5 Å². The maximum absolute atomic E-state index is 5.80. The van der Waals surface area contributed by atoms with Crippen molar-refractivity contribution in [1.82, 2.24) is 9.88 Å². The van der Waals surface area contributed by atoms with Gasteiger partial charge in [-0.3, -0.25) is 9.88 Å². The molecule has 0 aliphatic rings. The van der Waals surface area contributed by atoms with Crippen LogP contribution in [0.15, 0.2) is 47.3 Å². The molecule has 0 aliphatic heterocycles. The second-order valence-electron chi connectivity index (χ2n) is 4.04. The summed E-state index contributed by atoms with van der Waals surface area (Å²) in [5.41, 5.74) is 6.97. The number of aromatic nitrogens is 1. The molecule has 2 heterocycles. The fourth-order valence-electron chi connectivity index (χ4n) is 1.88. The van der Waals surface area contributed by atoms with Gasteiger partial charge >= 0.3 is 0 Å². The molecule has 2 aromatic rings. The fourth-order valence-corrected chi connectivity index (χ4v) is 1.88. The van der Waals surface area contributed by atoms with E-state index < -0.39 is 0 Å². The summed E-state index contributed by atoms with van der Waals surface area (Å²) >= 11 is 0. The summed E-state index contributed by atoms with van der Waals surface area (Å²) in [7, 11) is 2.03. The fraction of sp³-hybridized carbons (Fsp3) is 0.308. The normalized spacial score (nSPS) is 12.9. The van der Waals surface area contributed by atoms with Gasteiger partial charge in [0.15, 0.2) is 0 Å². The Balaban J connectivity index is 2.06. The number of hydrogen-bond acceptors (Lipinski definition) is 4. The average Bonchev–Trinajstić information content (AvgIpc) is 2.85. The number of nitrogens with zero attached hydrogens (tertiary/aromatic N) is 2. The number of nitrogens with two attached hydrogens (primary N) is 1. The number of pyridine rings is 1. The van der Waals surface area contributed by atoms with Crippen LogP contribution in [0.3, 0.4) is 0 Å². The molecule has 1 atom stereocenters. The van der Waals surface area contributed by atoms with Crippen LogP contribution < -0.4 is 5.73 Å². The highest BCUT2D eigenvalue weighted by Gasteiger charge is 2.17. The molecule has 0 fully saturated rings. The Morgan fingerprint density at radius 1 is 1.41 bits per heavy atom. The van der Waals surface area contributed by atoms with Crippen LogP contribution in [0.1, 0.15) is 17.4 Å². The zero-order valence-corrected chi connectivity index (χ0v) is 9.91. The summed E-state index contributed by atoms with van der Waals surface area (Å²) in [5, 5.41) is 0. The van der Waals surface area contributed by atoms with Crippen LogP contribution in [-0.2, 0) is 6.54 Å². The van der Waals surface area contributed by atoms with E-state index >= 15 is 0 Å². The lowest BCUT2D eigenvalue weighted by Crippen LogP contribution is -2.29. The standard InChI is InChI=1S/C13H17N3O/c1-16(10-11-4-2-6-15-9-11)12(8-14)13-5-3-7-17-13/h2-7,9,12H,8,10,14H2,1H3. The van der Waals surface area contributed by atoms with E-state index in [-0.39, 0.29) is 6.04 Å². The first kappa shape index (κ1) is 11.8. The summed E-state index contributed by atoms with van der Waals surface area (Å²) in [4.78, 5) is 6.27. The van der Waals surface area contributed by atoms with E-state index in [1.807, 2.05) is 31.4 Å². The molecule has 1 unspecified atom stereocenters. The predicted molar refractivity (Wildman–Crippen MR) is 66.2 cm³/mol. The van der Waals surface area contributed by atoms with Crippen LogP contribution in [0.2, 0.25) is 0 Å². The molecular weight excluding hydrogens is 214 g/mol. The minimum Gasteiger partial charge on any atom is -0.468 e. The third-order valence-electron chi connectivity index (χ3n) is 2.78. The lowest BCUT2D eigenvalue weighted by atomic mass is 10.1. The topological polar surface area (TPSA) is 55.3 Å². The summed E-state index contributed by atoms with van der Waals surface area (Å²) in [6.07, 6.45) is 5.32. The second-order valence-corrected chi connectivity index (χ2v) is 4.04. The van der Waals surface area contributed by atoms with Crippen LogP contribution >= 0.6 is 0 Å². The molecule has 2 aromatic heterocycles. The van der Waals surface area contributed by atoms with Gasteiger partial charge < -0.3 is 10.2 Å². The zero-order chi connectivity index (χ0) is 12.1. The Labute approximate surface area is 101 Å². The number of furan rings is 1. The van der Waals surface area contributed by atoms with Crippen molar-refractivity contribution >= 4 is 0 Å². The molecule has 0 amide bonds. The highest BCUT2D eigenvalue weighted by atomic mass is 16.3. The lowest BCUT2D eigenvalue weighted by molar-refractivity contribution is 0.212. The number of rotatable bonds is 5. The molecule has 4 heteroatoms. The first-order valence-electron chi connectivity index (χ1n) is 5.64. The predicted octanol–water partition coefficient (Wildman–Crippen LogP) is 1.81. The van der Waals surface area contributed by atoms with E-state index in [2.05, 4.69) is 16.0 Å². The highest BCUT2D eigenvalue weighted by molar-refractivity contribution is 5.10. The summed E-state index contributed by atoms with van der Waals surface area (Å²) in [6, 6.07) is 7.94. The summed E-state index contributed by atoms with van der Waals surface area (Å²) < 4.78 is 5.41. The van der Waals surface area contributed by atoms with Crippen molar-refractivity contribution in [2.24, 2.45) is 5.73 Å². The van der Waals surface area contributed by atoms with Crippen molar-refractivity contribution in [3.8, 4) is 0 Å². The first-order chi connectivity index (χ1) is 8.31. The van der Waals surface area contributed by atoms with Gasteiger partial charge in [0, 0.05) is 25.5 Å². The van der Waals surface area contributed by atoms with Crippen LogP contribution in [0, 0.1) is 0 Å². The summed E-state index contributed by atoms with van der Waals surface area (Å²) in [5.74, 6) is 0.902. The van der Waals surface area contributed by atoms with E-state index in [4.69, 9.17) is 10.2 Å². The molecule has 0 bridgehead atoms. The largest absolute Gasteiger partial charge is 0.468 e. The highest BCUT2D eigenvalue weighted by Crippen LogP contribution is 2.20. The Morgan fingerprint density at radius 3 is 2.88 bits per heavy atom. The van der Waals surface area contributed by atoms with Crippen molar-refractivity contribution in [2.75, 3.05) is 13.6 Å². The van der Waals surface area contributed by atoms with Crippen molar-refractivity contribution < 1.29 is 4.42 Å². The van der Waals surface area contributed by atoms with E-state index in [0.717, 1.165) is 12.3 Å². The first-order valence-corrected chi connectivity index (χ1v) is 5.64. The molecule has 0 saturated carbocycles. The molecule has 2 rings (SSSR count). The van der Waals surface area contributed by atoms with Crippen molar-refractivity contribution in [3.63, 3.8) is 0 Å².